The molecule has 0 aromatic carbocycles. The number of imidazole rings is 1. The first-order valence-electron chi connectivity index (χ1n) is 5.66. The van der Waals surface area contributed by atoms with Crippen LogP contribution < -0.4 is 11.1 Å². The maximum atomic E-state index is 12.0. The Kier molecular flexibility index (Phi) is 2.96. The van der Waals surface area contributed by atoms with Crippen molar-refractivity contribution in [3.63, 3.8) is 0 Å². The minimum absolute atomic E-state index is 0.0765. The van der Waals surface area contributed by atoms with Crippen molar-refractivity contribution < 1.29 is 4.79 Å². The number of nitrogens with one attached hydrogen (secondary N) is 1. The van der Waals surface area contributed by atoms with Crippen LogP contribution >= 0.6 is 0 Å². The lowest BCUT2D eigenvalue weighted by Crippen LogP contribution is -2.51. The molecule has 1 saturated carbocycles. The summed E-state index contributed by atoms with van der Waals surface area (Å²) in [5.74, 6) is -0.0765. The normalized spacial score (nSPS) is 18.6. The molecule has 0 radical (unpaired) electrons. The van der Waals surface area contributed by atoms with Crippen molar-refractivity contribution in [2.24, 2.45) is 12.8 Å². The number of hydrogen-bond acceptors (Lipinski definition) is 3. The van der Waals surface area contributed by atoms with Crippen molar-refractivity contribution in [2.75, 3.05) is 6.54 Å². The zero-order valence-corrected chi connectivity index (χ0v) is 9.57. The molecule has 1 heterocycles. The molecule has 5 nitrogen and oxygen atoms in total. The van der Waals surface area contributed by atoms with Gasteiger partial charge in [-0.25, -0.2) is 4.98 Å². The SMILES string of the molecule is Cn1cncc1C(=O)NC1(CN)CCCC1. The van der Waals surface area contributed by atoms with E-state index in [4.69, 9.17) is 5.73 Å². The van der Waals surface area contributed by atoms with Crippen LogP contribution in [0.3, 0.4) is 0 Å². The molecule has 3 N–H and O–H groups in total. The topological polar surface area (TPSA) is 72.9 Å². The molecule has 0 atom stereocenters. The van der Waals surface area contributed by atoms with Crippen molar-refractivity contribution in [1.82, 2.24) is 14.9 Å². The highest BCUT2D eigenvalue weighted by Gasteiger charge is 2.34. The van der Waals surface area contributed by atoms with Gasteiger partial charge in [0.1, 0.15) is 5.69 Å². The number of amides is 1. The van der Waals surface area contributed by atoms with E-state index in [9.17, 15) is 4.79 Å². The van der Waals surface area contributed by atoms with Crippen molar-refractivity contribution in [1.29, 1.82) is 0 Å². The molecule has 0 aliphatic heterocycles. The first-order valence-corrected chi connectivity index (χ1v) is 5.66. The number of nitrogens with zero attached hydrogens (tertiary/aromatic N) is 2. The van der Waals surface area contributed by atoms with E-state index in [-0.39, 0.29) is 11.4 Å². The molecule has 5 heteroatoms. The summed E-state index contributed by atoms with van der Waals surface area (Å²) in [5, 5.41) is 3.06. The fourth-order valence-corrected chi connectivity index (χ4v) is 2.31. The summed E-state index contributed by atoms with van der Waals surface area (Å²) in [6.45, 7) is 0.511. The minimum atomic E-state index is -0.193. The van der Waals surface area contributed by atoms with E-state index >= 15 is 0 Å². The molecule has 1 aromatic rings. The van der Waals surface area contributed by atoms with Gasteiger partial charge in [-0.1, -0.05) is 12.8 Å². The van der Waals surface area contributed by atoms with Crippen LogP contribution in [0.25, 0.3) is 0 Å². The third-order valence-electron chi connectivity index (χ3n) is 3.38. The molecule has 1 fully saturated rings. The average Bonchev–Trinajstić information content (AvgIpc) is 2.87. The highest BCUT2D eigenvalue weighted by atomic mass is 16.2. The van der Waals surface area contributed by atoms with Crippen molar-refractivity contribution >= 4 is 5.91 Å². The van der Waals surface area contributed by atoms with Crippen LogP contribution in [0.15, 0.2) is 12.5 Å². The number of carbonyl (C=O) groups is 1. The van der Waals surface area contributed by atoms with Crippen LogP contribution in [0.2, 0.25) is 0 Å². The molecule has 0 unspecified atom stereocenters. The monoisotopic (exact) mass is 222 g/mol. The zero-order valence-electron chi connectivity index (χ0n) is 9.57. The summed E-state index contributed by atoms with van der Waals surface area (Å²) in [6.07, 6.45) is 7.44. The molecule has 1 aliphatic carbocycles. The van der Waals surface area contributed by atoms with Crippen molar-refractivity contribution in [3.05, 3.63) is 18.2 Å². The maximum Gasteiger partial charge on any atom is 0.270 e. The first-order chi connectivity index (χ1) is 7.67. The van der Waals surface area contributed by atoms with E-state index in [1.165, 1.54) is 0 Å². The van der Waals surface area contributed by atoms with Crippen LogP contribution in [0.4, 0.5) is 0 Å². The van der Waals surface area contributed by atoms with Gasteiger partial charge in [0.05, 0.1) is 18.1 Å². The molecule has 0 saturated heterocycles. The van der Waals surface area contributed by atoms with Gasteiger partial charge in [0.15, 0.2) is 0 Å². The molecule has 16 heavy (non-hydrogen) atoms. The van der Waals surface area contributed by atoms with Crippen LogP contribution in [-0.2, 0) is 7.05 Å². The summed E-state index contributed by atoms with van der Waals surface area (Å²) in [7, 11) is 1.81. The Hall–Kier alpha value is -1.36. The van der Waals surface area contributed by atoms with Gasteiger partial charge in [0, 0.05) is 13.6 Å². The predicted octanol–water partition coefficient (Wildman–Crippen LogP) is 0.421. The summed E-state index contributed by atoms with van der Waals surface area (Å²) < 4.78 is 1.72. The summed E-state index contributed by atoms with van der Waals surface area (Å²) in [5.41, 5.74) is 6.16. The highest BCUT2D eigenvalue weighted by Crippen LogP contribution is 2.28. The zero-order chi connectivity index (χ0) is 11.6. The Bertz CT molecular complexity index is 379. The molecule has 1 amide bonds. The Labute approximate surface area is 95.0 Å². The molecule has 0 bridgehead atoms. The van der Waals surface area contributed by atoms with Crippen molar-refractivity contribution in [2.45, 2.75) is 31.2 Å². The Morgan fingerprint density at radius 1 is 1.62 bits per heavy atom. The van der Waals surface area contributed by atoms with E-state index in [0.717, 1.165) is 25.7 Å². The van der Waals surface area contributed by atoms with Crippen LogP contribution in [0.5, 0.6) is 0 Å². The van der Waals surface area contributed by atoms with Gasteiger partial charge in [-0.3, -0.25) is 4.79 Å². The minimum Gasteiger partial charge on any atom is -0.344 e. The molecule has 2 rings (SSSR count). The van der Waals surface area contributed by atoms with Crippen molar-refractivity contribution in [3.8, 4) is 0 Å². The largest absolute Gasteiger partial charge is 0.344 e. The van der Waals surface area contributed by atoms with E-state index in [1.54, 1.807) is 17.1 Å². The number of nitrogens with two attached hydrogens (primary N) is 1. The maximum absolute atomic E-state index is 12.0. The van der Waals surface area contributed by atoms with Crippen LogP contribution in [-0.4, -0.2) is 27.5 Å². The smallest absolute Gasteiger partial charge is 0.270 e. The summed E-state index contributed by atoms with van der Waals surface area (Å²) in [6, 6.07) is 0. The molecular weight excluding hydrogens is 204 g/mol. The highest BCUT2D eigenvalue weighted by molar-refractivity contribution is 5.92. The van der Waals surface area contributed by atoms with Gasteiger partial charge in [-0.15, -0.1) is 0 Å². The predicted molar refractivity (Wildman–Crippen MR) is 60.9 cm³/mol. The second-order valence-corrected chi connectivity index (χ2v) is 4.54. The third kappa shape index (κ3) is 1.95. The van der Waals surface area contributed by atoms with Crippen LogP contribution in [0.1, 0.15) is 36.2 Å². The number of aryl methyl sites for hydroxylation is 1. The lowest BCUT2D eigenvalue weighted by molar-refractivity contribution is 0.0894. The van der Waals surface area contributed by atoms with Gasteiger partial charge in [-0.2, -0.15) is 0 Å². The lowest BCUT2D eigenvalue weighted by Gasteiger charge is -2.28. The molecule has 0 spiro atoms. The number of carbonyl (C=O) groups excluding carboxylic acids is 1. The second kappa shape index (κ2) is 4.25. The summed E-state index contributed by atoms with van der Waals surface area (Å²) >= 11 is 0. The van der Waals surface area contributed by atoms with Gasteiger partial charge in [0.25, 0.3) is 5.91 Å². The number of hydrogen-bond donors (Lipinski definition) is 2. The molecule has 88 valence electrons. The van der Waals surface area contributed by atoms with E-state index in [0.29, 0.717) is 12.2 Å². The quantitative estimate of drug-likeness (QED) is 0.778. The number of aromatic nitrogens is 2. The second-order valence-electron chi connectivity index (χ2n) is 4.54. The standard InChI is InChI=1S/C11H18N4O/c1-15-8-13-6-9(15)10(16)14-11(7-12)4-2-3-5-11/h6,8H,2-5,7,12H2,1H3,(H,14,16). The van der Waals surface area contributed by atoms with Crippen LogP contribution in [0, 0.1) is 0 Å². The van der Waals surface area contributed by atoms with Gasteiger partial charge >= 0.3 is 0 Å². The van der Waals surface area contributed by atoms with E-state index in [1.807, 2.05) is 7.05 Å². The fourth-order valence-electron chi connectivity index (χ4n) is 2.31. The first kappa shape index (κ1) is 11.1. The Morgan fingerprint density at radius 3 is 2.81 bits per heavy atom. The van der Waals surface area contributed by atoms with E-state index in [2.05, 4.69) is 10.3 Å². The third-order valence-corrected chi connectivity index (χ3v) is 3.38. The van der Waals surface area contributed by atoms with Gasteiger partial charge < -0.3 is 15.6 Å². The average molecular weight is 222 g/mol. The Morgan fingerprint density at radius 2 is 2.31 bits per heavy atom. The fraction of sp³-hybridized carbons (Fsp3) is 0.636. The van der Waals surface area contributed by atoms with Gasteiger partial charge in [-0.05, 0) is 12.8 Å². The molecule has 1 aliphatic rings. The van der Waals surface area contributed by atoms with Gasteiger partial charge in [0.2, 0.25) is 0 Å². The Balaban J connectivity index is 2.09. The van der Waals surface area contributed by atoms with E-state index < -0.39 is 0 Å². The summed E-state index contributed by atoms with van der Waals surface area (Å²) in [4.78, 5) is 16.0. The number of rotatable bonds is 3. The molecular formula is C11H18N4O. The lowest BCUT2D eigenvalue weighted by atomic mass is 9.97. The molecule has 1 aromatic heterocycles.